The fourth-order valence-electron chi connectivity index (χ4n) is 4.83. The molecule has 4 rings (SSSR count). The maximum absolute atomic E-state index is 15.2. The summed E-state index contributed by atoms with van der Waals surface area (Å²) in [5.41, 5.74) is -1.15. The van der Waals surface area contributed by atoms with Gasteiger partial charge in [0.2, 0.25) is 0 Å². The number of aryl methyl sites for hydroxylation is 1. The molecular weight excluding hydrogens is 513 g/mol. The maximum Gasteiger partial charge on any atom is 0.409 e. The average Bonchev–Trinajstić information content (AvgIpc) is 2.82. The van der Waals surface area contributed by atoms with Gasteiger partial charge in [-0.1, -0.05) is 50.8 Å². The Hall–Kier alpha value is -3.36. The number of rotatable bonds is 6. The third-order valence-corrected chi connectivity index (χ3v) is 6.98. The Balaban J connectivity index is 1.52. The molecule has 0 atom stereocenters. The Morgan fingerprint density at radius 3 is 2.24 bits per heavy atom. The third kappa shape index (κ3) is 6.55. The SMILES string of the molecule is CC1CCC(CCc2ccc3c(F)c(C(=O)Oc4cc(F)c(/C=C/C(F)(F)F)c(F)c4)c(F)cc3c2)CC1. The van der Waals surface area contributed by atoms with E-state index in [0.717, 1.165) is 30.4 Å². The number of carbonyl (C=O) groups is 1. The highest BCUT2D eigenvalue weighted by molar-refractivity contribution is 5.97. The zero-order valence-electron chi connectivity index (χ0n) is 20.5. The number of ether oxygens (including phenoxy) is 1. The van der Waals surface area contributed by atoms with Gasteiger partial charge in [-0.15, -0.1) is 0 Å². The predicted molar refractivity (Wildman–Crippen MR) is 130 cm³/mol. The van der Waals surface area contributed by atoms with Crippen LogP contribution in [0.2, 0.25) is 0 Å². The number of carbonyl (C=O) groups excluding carboxylic acids is 1. The van der Waals surface area contributed by atoms with Gasteiger partial charge in [-0.25, -0.2) is 22.4 Å². The van der Waals surface area contributed by atoms with Crippen LogP contribution < -0.4 is 4.74 Å². The van der Waals surface area contributed by atoms with Gasteiger partial charge < -0.3 is 4.74 Å². The molecule has 0 radical (unpaired) electrons. The van der Waals surface area contributed by atoms with E-state index >= 15 is 4.39 Å². The van der Waals surface area contributed by atoms with E-state index in [0.29, 0.717) is 18.1 Å². The van der Waals surface area contributed by atoms with E-state index in [4.69, 9.17) is 4.74 Å². The minimum Gasteiger partial charge on any atom is -0.423 e. The zero-order valence-corrected chi connectivity index (χ0v) is 20.5. The summed E-state index contributed by atoms with van der Waals surface area (Å²) in [6.45, 7) is 2.25. The number of allylic oxidation sites excluding steroid dienone is 1. The van der Waals surface area contributed by atoms with E-state index in [1.165, 1.54) is 31.7 Å². The van der Waals surface area contributed by atoms with Gasteiger partial charge in [0.1, 0.15) is 34.6 Å². The average molecular weight is 539 g/mol. The lowest BCUT2D eigenvalue weighted by Gasteiger charge is -2.26. The minimum atomic E-state index is -4.80. The molecule has 0 unspecified atom stereocenters. The van der Waals surface area contributed by atoms with Gasteiger partial charge in [0.25, 0.3) is 0 Å². The highest BCUT2D eigenvalue weighted by atomic mass is 19.4. The van der Waals surface area contributed by atoms with E-state index in [-0.39, 0.29) is 22.9 Å². The second-order valence-corrected chi connectivity index (χ2v) is 9.83. The smallest absolute Gasteiger partial charge is 0.409 e. The monoisotopic (exact) mass is 538 g/mol. The molecule has 0 aliphatic heterocycles. The number of alkyl halides is 3. The van der Waals surface area contributed by atoms with Crippen LogP contribution in [0.1, 0.15) is 60.5 Å². The summed E-state index contributed by atoms with van der Waals surface area (Å²) in [5, 5.41) is 0.225. The van der Waals surface area contributed by atoms with Crippen molar-refractivity contribution in [1.29, 1.82) is 0 Å². The molecule has 3 aromatic rings. The first-order chi connectivity index (χ1) is 17.9. The lowest BCUT2D eigenvalue weighted by molar-refractivity contribution is -0.0790. The zero-order chi connectivity index (χ0) is 27.6. The summed E-state index contributed by atoms with van der Waals surface area (Å²) in [6.07, 6.45) is 1.51. The molecule has 1 aliphatic rings. The van der Waals surface area contributed by atoms with Crippen molar-refractivity contribution >= 4 is 22.8 Å². The van der Waals surface area contributed by atoms with Crippen molar-refractivity contribution in [1.82, 2.24) is 0 Å². The molecule has 0 N–H and O–H groups in total. The van der Waals surface area contributed by atoms with Crippen molar-refractivity contribution in [3.63, 3.8) is 0 Å². The Bertz CT molecular complexity index is 1350. The van der Waals surface area contributed by atoms with Crippen LogP contribution in [0.25, 0.3) is 16.8 Å². The lowest BCUT2D eigenvalue weighted by Crippen LogP contribution is -2.14. The molecule has 0 aromatic heterocycles. The highest BCUT2D eigenvalue weighted by Gasteiger charge is 2.25. The van der Waals surface area contributed by atoms with Crippen LogP contribution in [0.5, 0.6) is 5.75 Å². The van der Waals surface area contributed by atoms with Crippen molar-refractivity contribution in [2.75, 3.05) is 0 Å². The molecule has 1 fully saturated rings. The molecule has 3 aromatic carbocycles. The van der Waals surface area contributed by atoms with Gasteiger partial charge in [0, 0.05) is 29.2 Å². The Labute approximate surface area is 215 Å². The molecule has 2 nitrogen and oxygen atoms in total. The molecule has 202 valence electrons. The Kier molecular flexibility index (Phi) is 8.13. The Morgan fingerprint density at radius 2 is 1.61 bits per heavy atom. The molecule has 1 saturated carbocycles. The summed E-state index contributed by atoms with van der Waals surface area (Å²) in [4.78, 5) is 12.5. The fraction of sp³-hybridized carbons (Fsp3) is 0.345. The van der Waals surface area contributed by atoms with Crippen LogP contribution in [0.15, 0.2) is 42.5 Å². The molecule has 0 amide bonds. The first-order valence-corrected chi connectivity index (χ1v) is 12.3. The number of hydrogen-bond acceptors (Lipinski definition) is 2. The van der Waals surface area contributed by atoms with Crippen molar-refractivity contribution < 1.29 is 40.3 Å². The Morgan fingerprint density at radius 1 is 0.947 bits per heavy atom. The summed E-state index contributed by atoms with van der Waals surface area (Å²) in [6, 6.07) is 6.72. The summed E-state index contributed by atoms with van der Waals surface area (Å²) in [5.74, 6) is -6.26. The van der Waals surface area contributed by atoms with Gasteiger partial charge in [-0.2, -0.15) is 13.2 Å². The van der Waals surface area contributed by atoms with Crippen LogP contribution in [-0.2, 0) is 6.42 Å². The van der Waals surface area contributed by atoms with Crippen LogP contribution in [-0.4, -0.2) is 12.1 Å². The fourth-order valence-corrected chi connectivity index (χ4v) is 4.83. The standard InChI is InChI=1S/C29H25F7O2/c1-16-2-4-17(5-3-16)6-7-18-8-9-21-19(12-18)13-25(32)26(27(21)33)28(37)38-20-14-23(30)22(24(31)15-20)10-11-29(34,35)36/h8-17H,2-7H2,1H3/b11-10+. The summed E-state index contributed by atoms with van der Waals surface area (Å²) >= 11 is 0. The van der Waals surface area contributed by atoms with E-state index in [2.05, 4.69) is 6.92 Å². The molecule has 38 heavy (non-hydrogen) atoms. The quantitative estimate of drug-likeness (QED) is 0.178. The largest absolute Gasteiger partial charge is 0.423 e. The van der Waals surface area contributed by atoms with Crippen molar-refractivity contribution in [3.8, 4) is 5.75 Å². The van der Waals surface area contributed by atoms with Crippen molar-refractivity contribution in [2.45, 2.75) is 51.6 Å². The van der Waals surface area contributed by atoms with Gasteiger partial charge in [0.05, 0.1) is 0 Å². The van der Waals surface area contributed by atoms with E-state index in [9.17, 15) is 31.1 Å². The van der Waals surface area contributed by atoms with Crippen LogP contribution >= 0.6 is 0 Å². The van der Waals surface area contributed by atoms with Gasteiger partial charge in [-0.05, 0) is 47.8 Å². The number of halogens is 7. The van der Waals surface area contributed by atoms with E-state index < -0.39 is 52.3 Å². The molecule has 0 saturated heterocycles. The normalized spacial score (nSPS) is 18.3. The minimum absolute atomic E-state index is 0.0291. The number of benzene rings is 3. The summed E-state index contributed by atoms with van der Waals surface area (Å²) < 4.78 is 99.9. The summed E-state index contributed by atoms with van der Waals surface area (Å²) in [7, 11) is 0. The number of hydrogen-bond donors (Lipinski definition) is 0. The molecule has 1 aliphatic carbocycles. The van der Waals surface area contributed by atoms with Crippen LogP contribution in [0.4, 0.5) is 30.7 Å². The van der Waals surface area contributed by atoms with E-state index in [1.807, 2.05) is 0 Å². The first-order valence-electron chi connectivity index (χ1n) is 12.3. The molecule has 0 bridgehead atoms. The van der Waals surface area contributed by atoms with Crippen LogP contribution in [0.3, 0.4) is 0 Å². The highest BCUT2D eigenvalue weighted by Crippen LogP contribution is 2.32. The maximum atomic E-state index is 15.2. The topological polar surface area (TPSA) is 26.3 Å². The molecule has 0 heterocycles. The number of fused-ring (bicyclic) bond motifs is 1. The van der Waals surface area contributed by atoms with Gasteiger partial charge >= 0.3 is 12.1 Å². The van der Waals surface area contributed by atoms with Gasteiger partial charge in [-0.3, -0.25) is 0 Å². The van der Waals surface area contributed by atoms with Gasteiger partial charge in [0.15, 0.2) is 0 Å². The second kappa shape index (κ2) is 11.2. The van der Waals surface area contributed by atoms with E-state index in [1.54, 1.807) is 12.1 Å². The first kappa shape index (κ1) is 27.7. The number of esters is 1. The predicted octanol–water partition coefficient (Wildman–Crippen LogP) is 8.95. The molecule has 0 spiro atoms. The third-order valence-electron chi connectivity index (χ3n) is 6.98. The molecular formula is C29H25F7O2. The second-order valence-electron chi connectivity index (χ2n) is 9.83. The van der Waals surface area contributed by atoms with Crippen LogP contribution in [0, 0.1) is 35.1 Å². The molecule has 9 heteroatoms. The lowest BCUT2D eigenvalue weighted by atomic mass is 9.80. The van der Waals surface area contributed by atoms with Crippen molar-refractivity contribution in [2.24, 2.45) is 11.8 Å². The van der Waals surface area contributed by atoms with Crippen molar-refractivity contribution in [3.05, 3.63) is 82.4 Å².